The van der Waals surface area contributed by atoms with Crippen LogP contribution in [-0.2, 0) is 17.1 Å². The molecule has 0 fully saturated rings. The Bertz CT molecular complexity index is 512. The number of rotatable bonds is 7. The molecule has 1 aromatic heterocycles. The summed E-state index contributed by atoms with van der Waals surface area (Å²) in [7, 11) is 1.74. The molecule has 1 unspecified atom stereocenters. The summed E-state index contributed by atoms with van der Waals surface area (Å²) in [5.41, 5.74) is 0. The summed E-state index contributed by atoms with van der Waals surface area (Å²) in [5, 5.41) is 7.46. The summed E-state index contributed by atoms with van der Waals surface area (Å²) in [6.07, 6.45) is 0.764. The van der Waals surface area contributed by atoms with E-state index in [0.29, 0.717) is 12.5 Å². The normalized spacial score (nSPS) is 14.2. The minimum Gasteiger partial charge on any atom is -0.308 e. The van der Waals surface area contributed by atoms with Crippen LogP contribution in [0.25, 0.3) is 0 Å². The van der Waals surface area contributed by atoms with Gasteiger partial charge in [0.05, 0.1) is 0 Å². The van der Waals surface area contributed by atoms with Crippen molar-refractivity contribution in [3.05, 3.63) is 4.60 Å². The van der Waals surface area contributed by atoms with E-state index in [1.165, 1.54) is 4.68 Å². The van der Waals surface area contributed by atoms with Gasteiger partial charge in [-0.25, -0.2) is 17.8 Å². The van der Waals surface area contributed by atoms with Gasteiger partial charge in [0.2, 0.25) is 5.03 Å². The van der Waals surface area contributed by atoms with Gasteiger partial charge in [-0.05, 0) is 42.4 Å². The van der Waals surface area contributed by atoms with Crippen LogP contribution >= 0.6 is 15.9 Å². The molecule has 0 saturated carbocycles. The number of aromatic nitrogens is 3. The Kier molecular flexibility index (Phi) is 6.11. The van der Waals surface area contributed by atoms with Crippen molar-refractivity contribution in [2.75, 3.05) is 20.6 Å². The molecule has 0 aliphatic rings. The summed E-state index contributed by atoms with van der Waals surface area (Å²) in [6, 6.07) is -0.156. The molecule has 0 saturated heterocycles. The third kappa shape index (κ3) is 4.80. The van der Waals surface area contributed by atoms with Gasteiger partial charge in [0.1, 0.15) is 0 Å². The Hall–Kier alpha value is -0.510. The molecule has 0 aromatic carbocycles. The third-order valence-corrected chi connectivity index (χ3v) is 5.06. The second-order valence-corrected chi connectivity index (χ2v) is 7.90. The first-order valence-corrected chi connectivity index (χ1v) is 8.63. The van der Waals surface area contributed by atoms with Gasteiger partial charge in [0.25, 0.3) is 10.0 Å². The lowest BCUT2D eigenvalue weighted by molar-refractivity contribution is 0.329. The average Bonchev–Trinajstić information content (AvgIpc) is 2.55. The monoisotopic (exact) mass is 367 g/mol. The molecule has 1 N–H and O–H groups in total. The molecular weight excluding hydrogens is 346 g/mol. The number of nitrogens with zero attached hydrogens (tertiary/aromatic N) is 4. The molecule has 0 aliphatic carbocycles. The van der Waals surface area contributed by atoms with E-state index in [1.54, 1.807) is 7.05 Å². The number of aryl methyl sites for hydroxylation is 1. The second kappa shape index (κ2) is 6.97. The van der Waals surface area contributed by atoms with E-state index < -0.39 is 10.0 Å². The van der Waals surface area contributed by atoms with E-state index >= 15 is 0 Å². The molecule has 0 spiro atoms. The molecule has 20 heavy (non-hydrogen) atoms. The summed E-state index contributed by atoms with van der Waals surface area (Å²) in [5.74, 6) is 0.399. The van der Waals surface area contributed by atoms with Crippen molar-refractivity contribution < 1.29 is 8.42 Å². The Morgan fingerprint density at radius 2 is 2.00 bits per heavy atom. The summed E-state index contributed by atoms with van der Waals surface area (Å²) < 4.78 is 29.1. The zero-order valence-electron chi connectivity index (χ0n) is 12.5. The predicted octanol–water partition coefficient (Wildman–Crippen LogP) is 0.832. The van der Waals surface area contributed by atoms with Crippen molar-refractivity contribution in [2.24, 2.45) is 13.0 Å². The maximum Gasteiger partial charge on any atom is 0.260 e. The molecule has 0 aliphatic heterocycles. The fraction of sp³-hybridized carbons (Fsp3) is 0.818. The first-order valence-electron chi connectivity index (χ1n) is 6.35. The van der Waals surface area contributed by atoms with Gasteiger partial charge < -0.3 is 4.90 Å². The summed E-state index contributed by atoms with van der Waals surface area (Å²) in [6.45, 7) is 4.78. The smallest absolute Gasteiger partial charge is 0.260 e. The Balaban J connectivity index is 2.97. The van der Waals surface area contributed by atoms with Gasteiger partial charge in [0.15, 0.2) is 4.60 Å². The van der Waals surface area contributed by atoms with Crippen molar-refractivity contribution in [3.63, 3.8) is 0 Å². The fourth-order valence-corrected chi connectivity index (χ4v) is 4.39. The van der Waals surface area contributed by atoms with Crippen LogP contribution in [0, 0.1) is 5.92 Å². The average molecular weight is 368 g/mol. The molecule has 7 nitrogen and oxygen atoms in total. The number of halogens is 1. The molecular formula is C11H22BrN5O2S. The van der Waals surface area contributed by atoms with Gasteiger partial charge >= 0.3 is 0 Å². The lowest BCUT2D eigenvalue weighted by Crippen LogP contribution is -2.43. The van der Waals surface area contributed by atoms with Crippen LogP contribution in [0.1, 0.15) is 20.3 Å². The van der Waals surface area contributed by atoms with Crippen LogP contribution in [0.15, 0.2) is 9.63 Å². The molecule has 0 radical (unpaired) electrons. The van der Waals surface area contributed by atoms with Gasteiger partial charge in [-0.15, -0.1) is 5.10 Å². The largest absolute Gasteiger partial charge is 0.308 e. The molecule has 1 aromatic rings. The number of nitrogens with one attached hydrogen (secondary N) is 1. The number of hydrogen-bond donors (Lipinski definition) is 1. The second-order valence-electron chi connectivity index (χ2n) is 5.52. The SMILES string of the molecule is CC(C)CC(CN(C)C)NS(=O)(=O)c1c(Br)nnn1C. The highest BCUT2D eigenvalue weighted by Crippen LogP contribution is 2.19. The van der Waals surface area contributed by atoms with E-state index in [0.717, 1.165) is 6.42 Å². The zero-order chi connectivity index (χ0) is 15.5. The standard InChI is InChI=1S/C11H22BrN5O2S/c1-8(2)6-9(7-16(3)4)14-20(18,19)11-10(12)13-15-17(11)5/h8-9,14H,6-7H2,1-5H3. The van der Waals surface area contributed by atoms with Gasteiger partial charge in [-0.1, -0.05) is 19.1 Å². The van der Waals surface area contributed by atoms with E-state index in [-0.39, 0.29) is 15.7 Å². The van der Waals surface area contributed by atoms with Crippen LogP contribution in [0.3, 0.4) is 0 Å². The van der Waals surface area contributed by atoms with Gasteiger partial charge in [-0.2, -0.15) is 0 Å². The van der Waals surface area contributed by atoms with Gasteiger partial charge in [-0.3, -0.25) is 0 Å². The molecule has 116 valence electrons. The Morgan fingerprint density at radius 1 is 1.40 bits per heavy atom. The van der Waals surface area contributed by atoms with Crippen molar-refractivity contribution >= 4 is 26.0 Å². The Morgan fingerprint density at radius 3 is 2.40 bits per heavy atom. The maximum absolute atomic E-state index is 12.4. The first kappa shape index (κ1) is 17.5. The molecule has 1 atom stereocenters. The molecule has 0 bridgehead atoms. The van der Waals surface area contributed by atoms with E-state index in [2.05, 4.69) is 44.8 Å². The van der Waals surface area contributed by atoms with Crippen LogP contribution in [-0.4, -0.2) is 55.0 Å². The van der Waals surface area contributed by atoms with Crippen molar-refractivity contribution in [2.45, 2.75) is 31.3 Å². The maximum atomic E-state index is 12.4. The zero-order valence-corrected chi connectivity index (χ0v) is 14.9. The molecule has 9 heteroatoms. The lowest BCUT2D eigenvalue weighted by Gasteiger charge is -2.23. The van der Waals surface area contributed by atoms with Crippen LogP contribution < -0.4 is 4.72 Å². The summed E-state index contributed by atoms with van der Waals surface area (Å²) in [4.78, 5) is 1.96. The first-order chi connectivity index (χ1) is 9.13. The number of likely N-dealkylation sites (N-methyl/N-ethyl adjacent to an activating group) is 1. The van der Waals surface area contributed by atoms with Crippen LogP contribution in [0.2, 0.25) is 0 Å². The van der Waals surface area contributed by atoms with Crippen molar-refractivity contribution in [3.8, 4) is 0 Å². The van der Waals surface area contributed by atoms with Crippen molar-refractivity contribution in [1.82, 2.24) is 24.6 Å². The predicted molar refractivity (Wildman–Crippen MR) is 80.8 cm³/mol. The fourth-order valence-electron chi connectivity index (χ4n) is 2.05. The Labute approximate surface area is 128 Å². The quantitative estimate of drug-likeness (QED) is 0.771. The molecule has 1 heterocycles. The number of hydrogen-bond acceptors (Lipinski definition) is 5. The molecule has 1 rings (SSSR count). The number of sulfonamides is 1. The van der Waals surface area contributed by atoms with E-state index in [4.69, 9.17) is 0 Å². The summed E-state index contributed by atoms with van der Waals surface area (Å²) >= 11 is 3.12. The molecule has 0 amide bonds. The van der Waals surface area contributed by atoms with Gasteiger partial charge in [0, 0.05) is 19.6 Å². The van der Waals surface area contributed by atoms with E-state index in [1.807, 2.05) is 19.0 Å². The van der Waals surface area contributed by atoms with Crippen LogP contribution in [0.4, 0.5) is 0 Å². The van der Waals surface area contributed by atoms with Crippen molar-refractivity contribution in [1.29, 1.82) is 0 Å². The highest BCUT2D eigenvalue weighted by atomic mass is 79.9. The highest BCUT2D eigenvalue weighted by Gasteiger charge is 2.27. The highest BCUT2D eigenvalue weighted by molar-refractivity contribution is 9.10. The third-order valence-electron chi connectivity index (χ3n) is 2.65. The minimum absolute atomic E-state index is 0.0463. The van der Waals surface area contributed by atoms with E-state index in [9.17, 15) is 8.42 Å². The topological polar surface area (TPSA) is 80.1 Å². The van der Waals surface area contributed by atoms with Crippen LogP contribution in [0.5, 0.6) is 0 Å². The minimum atomic E-state index is -3.65. The lowest BCUT2D eigenvalue weighted by atomic mass is 10.0.